The minimum absolute atomic E-state index is 0.530. The second kappa shape index (κ2) is 6.17. The molecule has 0 spiro atoms. The van der Waals surface area contributed by atoms with Crippen LogP contribution in [0.3, 0.4) is 0 Å². The van der Waals surface area contributed by atoms with Crippen LogP contribution in [0.25, 0.3) is 0 Å². The Morgan fingerprint density at radius 2 is 2.24 bits per heavy atom. The standard InChI is InChI=1S/C13H23N3O/c1-3-6-14-9-12-10-16(15-11(12)2)13-4-7-17-8-5-13/h10,13-14H,3-9H2,1-2H3. The lowest BCUT2D eigenvalue weighted by atomic mass is 10.1. The molecule has 2 heterocycles. The van der Waals surface area contributed by atoms with E-state index in [-0.39, 0.29) is 0 Å². The minimum atomic E-state index is 0.530. The van der Waals surface area contributed by atoms with Crippen molar-refractivity contribution in [2.45, 2.75) is 45.7 Å². The second-order valence-corrected chi connectivity index (χ2v) is 4.74. The van der Waals surface area contributed by atoms with E-state index in [1.165, 1.54) is 12.0 Å². The van der Waals surface area contributed by atoms with E-state index in [2.05, 4.69) is 35.1 Å². The van der Waals surface area contributed by atoms with Crippen molar-refractivity contribution in [1.29, 1.82) is 0 Å². The summed E-state index contributed by atoms with van der Waals surface area (Å²) in [5, 5.41) is 8.06. The average Bonchev–Trinajstić information content (AvgIpc) is 2.73. The Morgan fingerprint density at radius 3 is 2.94 bits per heavy atom. The second-order valence-electron chi connectivity index (χ2n) is 4.74. The minimum Gasteiger partial charge on any atom is -0.381 e. The Kier molecular flexibility index (Phi) is 4.57. The van der Waals surface area contributed by atoms with E-state index >= 15 is 0 Å². The first kappa shape index (κ1) is 12.6. The maximum absolute atomic E-state index is 5.38. The molecule has 0 atom stereocenters. The highest BCUT2D eigenvalue weighted by atomic mass is 16.5. The zero-order chi connectivity index (χ0) is 12.1. The molecule has 1 fully saturated rings. The SMILES string of the molecule is CCCNCc1cn(C2CCOCC2)nc1C. The Morgan fingerprint density at radius 1 is 1.47 bits per heavy atom. The van der Waals surface area contributed by atoms with Gasteiger partial charge in [-0.25, -0.2) is 0 Å². The quantitative estimate of drug-likeness (QED) is 0.797. The third kappa shape index (κ3) is 3.30. The van der Waals surface area contributed by atoms with Gasteiger partial charge in [0.05, 0.1) is 11.7 Å². The van der Waals surface area contributed by atoms with Crippen LogP contribution >= 0.6 is 0 Å². The molecule has 1 saturated heterocycles. The molecule has 1 aliphatic rings. The number of hydrogen-bond acceptors (Lipinski definition) is 3. The van der Waals surface area contributed by atoms with Crippen molar-refractivity contribution in [3.05, 3.63) is 17.5 Å². The molecule has 0 bridgehead atoms. The Bertz CT molecular complexity index is 342. The summed E-state index contributed by atoms with van der Waals surface area (Å²) in [4.78, 5) is 0. The van der Waals surface area contributed by atoms with Gasteiger partial charge < -0.3 is 10.1 Å². The van der Waals surface area contributed by atoms with Crippen LogP contribution in [0.4, 0.5) is 0 Å². The predicted molar refractivity (Wildman–Crippen MR) is 68.1 cm³/mol. The van der Waals surface area contributed by atoms with Crippen molar-refractivity contribution >= 4 is 0 Å². The van der Waals surface area contributed by atoms with E-state index < -0.39 is 0 Å². The van der Waals surface area contributed by atoms with Gasteiger partial charge >= 0.3 is 0 Å². The fraction of sp³-hybridized carbons (Fsp3) is 0.769. The molecule has 0 unspecified atom stereocenters. The Labute approximate surface area is 103 Å². The van der Waals surface area contributed by atoms with E-state index in [9.17, 15) is 0 Å². The van der Waals surface area contributed by atoms with Crippen LogP contribution in [0.5, 0.6) is 0 Å². The van der Waals surface area contributed by atoms with E-state index in [0.29, 0.717) is 6.04 Å². The number of rotatable bonds is 5. The highest BCUT2D eigenvalue weighted by molar-refractivity contribution is 5.15. The molecule has 1 aromatic heterocycles. The molecule has 0 aliphatic carbocycles. The molecular weight excluding hydrogens is 214 g/mol. The van der Waals surface area contributed by atoms with Crippen molar-refractivity contribution in [1.82, 2.24) is 15.1 Å². The van der Waals surface area contributed by atoms with Crippen molar-refractivity contribution in [2.75, 3.05) is 19.8 Å². The lowest BCUT2D eigenvalue weighted by molar-refractivity contribution is 0.0661. The summed E-state index contributed by atoms with van der Waals surface area (Å²) in [6.07, 6.45) is 5.55. The fourth-order valence-electron chi connectivity index (χ4n) is 2.23. The van der Waals surface area contributed by atoms with Gasteiger partial charge in [-0.15, -0.1) is 0 Å². The maximum atomic E-state index is 5.38. The first-order chi connectivity index (χ1) is 8.31. The molecule has 2 rings (SSSR count). The van der Waals surface area contributed by atoms with Crippen molar-refractivity contribution < 1.29 is 4.74 Å². The van der Waals surface area contributed by atoms with Crippen LogP contribution in [0.1, 0.15) is 43.5 Å². The monoisotopic (exact) mass is 237 g/mol. The van der Waals surface area contributed by atoms with Gasteiger partial charge in [0, 0.05) is 31.5 Å². The number of hydrogen-bond donors (Lipinski definition) is 1. The lowest BCUT2D eigenvalue weighted by Crippen LogP contribution is -2.20. The molecule has 0 aromatic carbocycles. The van der Waals surface area contributed by atoms with Crippen LogP contribution in [0, 0.1) is 6.92 Å². The van der Waals surface area contributed by atoms with Gasteiger partial charge in [-0.05, 0) is 32.7 Å². The van der Waals surface area contributed by atoms with Crippen LogP contribution in [-0.2, 0) is 11.3 Å². The highest BCUT2D eigenvalue weighted by Gasteiger charge is 2.17. The largest absolute Gasteiger partial charge is 0.381 e. The molecule has 17 heavy (non-hydrogen) atoms. The summed E-state index contributed by atoms with van der Waals surface area (Å²) in [7, 11) is 0. The van der Waals surface area contributed by atoms with Crippen LogP contribution in [0.2, 0.25) is 0 Å². The third-order valence-electron chi connectivity index (χ3n) is 3.33. The molecule has 1 aromatic rings. The van der Waals surface area contributed by atoms with Gasteiger partial charge in [-0.1, -0.05) is 6.92 Å². The van der Waals surface area contributed by atoms with E-state index in [4.69, 9.17) is 4.74 Å². The molecule has 4 nitrogen and oxygen atoms in total. The summed E-state index contributed by atoms with van der Waals surface area (Å²) >= 11 is 0. The topological polar surface area (TPSA) is 39.1 Å². The molecule has 1 N–H and O–H groups in total. The van der Waals surface area contributed by atoms with E-state index in [1.54, 1.807) is 0 Å². The van der Waals surface area contributed by atoms with E-state index in [0.717, 1.165) is 44.8 Å². The van der Waals surface area contributed by atoms with Gasteiger partial charge in [0.25, 0.3) is 0 Å². The number of ether oxygens (including phenoxy) is 1. The van der Waals surface area contributed by atoms with Crippen molar-refractivity contribution in [3.8, 4) is 0 Å². The predicted octanol–water partition coefficient (Wildman–Crippen LogP) is 2.04. The zero-order valence-corrected chi connectivity index (χ0v) is 10.9. The van der Waals surface area contributed by atoms with Crippen molar-refractivity contribution in [3.63, 3.8) is 0 Å². The highest BCUT2D eigenvalue weighted by Crippen LogP contribution is 2.21. The van der Waals surface area contributed by atoms with E-state index in [1.807, 2.05) is 0 Å². The van der Waals surface area contributed by atoms with Crippen LogP contribution < -0.4 is 5.32 Å². The smallest absolute Gasteiger partial charge is 0.0638 e. The summed E-state index contributed by atoms with van der Waals surface area (Å²) < 4.78 is 7.52. The summed E-state index contributed by atoms with van der Waals surface area (Å²) in [5.41, 5.74) is 2.48. The molecule has 0 saturated carbocycles. The molecule has 96 valence electrons. The van der Waals surface area contributed by atoms with Gasteiger partial charge in [-0.2, -0.15) is 5.10 Å². The Balaban J connectivity index is 1.96. The summed E-state index contributed by atoms with van der Waals surface area (Å²) in [5.74, 6) is 0. The number of aromatic nitrogens is 2. The van der Waals surface area contributed by atoms with Gasteiger partial charge in [-0.3, -0.25) is 4.68 Å². The lowest BCUT2D eigenvalue weighted by Gasteiger charge is -2.22. The number of nitrogens with one attached hydrogen (secondary N) is 1. The normalized spacial score (nSPS) is 17.5. The molecule has 0 radical (unpaired) electrons. The number of nitrogens with zero attached hydrogens (tertiary/aromatic N) is 2. The van der Waals surface area contributed by atoms with Gasteiger partial charge in [0.15, 0.2) is 0 Å². The van der Waals surface area contributed by atoms with Crippen LogP contribution in [0.15, 0.2) is 6.20 Å². The molecule has 1 aliphatic heterocycles. The zero-order valence-electron chi connectivity index (χ0n) is 10.9. The van der Waals surface area contributed by atoms with Crippen LogP contribution in [-0.4, -0.2) is 29.5 Å². The summed E-state index contributed by atoms with van der Waals surface area (Å²) in [6.45, 7) is 8.02. The van der Waals surface area contributed by atoms with Gasteiger partial charge in [0.2, 0.25) is 0 Å². The maximum Gasteiger partial charge on any atom is 0.0638 e. The Hall–Kier alpha value is -0.870. The molecule has 4 heteroatoms. The number of aryl methyl sites for hydroxylation is 1. The summed E-state index contributed by atoms with van der Waals surface area (Å²) in [6, 6.07) is 0.530. The molecule has 0 amide bonds. The molecular formula is C13H23N3O. The van der Waals surface area contributed by atoms with Crippen molar-refractivity contribution in [2.24, 2.45) is 0 Å². The van der Waals surface area contributed by atoms with Gasteiger partial charge in [0.1, 0.15) is 0 Å². The third-order valence-corrected chi connectivity index (χ3v) is 3.33. The first-order valence-corrected chi connectivity index (χ1v) is 6.64. The average molecular weight is 237 g/mol. The fourth-order valence-corrected chi connectivity index (χ4v) is 2.23. The first-order valence-electron chi connectivity index (χ1n) is 6.64.